The molecule has 6 heteroatoms. The first-order chi connectivity index (χ1) is 8.56. The Morgan fingerprint density at radius 3 is 2.89 bits per heavy atom. The second-order valence-electron chi connectivity index (χ2n) is 3.92. The molecule has 0 fully saturated rings. The van der Waals surface area contributed by atoms with Gasteiger partial charge >= 0.3 is 0 Å². The molecule has 0 aromatic heterocycles. The Labute approximate surface area is 112 Å². The molecule has 18 heavy (non-hydrogen) atoms. The molecular formula is C12H18ClN3O2. The van der Waals surface area contributed by atoms with Gasteiger partial charge in [-0.25, -0.2) is 0 Å². The zero-order chi connectivity index (χ0) is 13.5. The molecule has 0 aliphatic rings. The topological polar surface area (TPSA) is 67.6 Å². The number of hydrogen-bond donors (Lipinski definition) is 2. The van der Waals surface area contributed by atoms with Crippen molar-refractivity contribution >= 4 is 23.2 Å². The summed E-state index contributed by atoms with van der Waals surface area (Å²) in [7, 11) is 3.38. The van der Waals surface area contributed by atoms with E-state index < -0.39 is 0 Å². The van der Waals surface area contributed by atoms with Crippen molar-refractivity contribution in [2.75, 3.05) is 39.1 Å². The summed E-state index contributed by atoms with van der Waals surface area (Å²) in [5.41, 5.74) is 5.98. The quantitative estimate of drug-likeness (QED) is 0.815. The molecule has 0 aliphatic heterocycles. The molecule has 0 unspecified atom stereocenters. The number of halogens is 1. The minimum Gasteiger partial charge on any atom is -0.495 e. The lowest BCUT2D eigenvalue weighted by Crippen LogP contribution is -2.33. The number of carbonyl (C=O) groups excluding carboxylic acids is 1. The number of amides is 1. The normalized spacial score (nSPS) is 10.5. The van der Waals surface area contributed by atoms with Gasteiger partial charge in [0.05, 0.1) is 19.3 Å². The maximum atomic E-state index is 11.8. The van der Waals surface area contributed by atoms with E-state index in [2.05, 4.69) is 5.32 Å². The highest BCUT2D eigenvalue weighted by atomic mass is 35.5. The summed E-state index contributed by atoms with van der Waals surface area (Å²) in [6.07, 6.45) is 0. The highest BCUT2D eigenvalue weighted by Crippen LogP contribution is 2.27. The maximum absolute atomic E-state index is 11.8. The largest absolute Gasteiger partial charge is 0.495 e. The van der Waals surface area contributed by atoms with Gasteiger partial charge in [-0.15, -0.1) is 0 Å². The van der Waals surface area contributed by atoms with Gasteiger partial charge in [-0.05, 0) is 25.2 Å². The SMILES string of the molecule is COc1ccc(Cl)cc1NC(=O)CN(C)CCN. The summed E-state index contributed by atoms with van der Waals surface area (Å²) in [4.78, 5) is 13.6. The van der Waals surface area contributed by atoms with Gasteiger partial charge in [0.25, 0.3) is 0 Å². The highest BCUT2D eigenvalue weighted by Gasteiger charge is 2.10. The number of nitrogens with zero attached hydrogens (tertiary/aromatic N) is 1. The molecule has 0 saturated heterocycles. The van der Waals surface area contributed by atoms with Gasteiger partial charge in [0.15, 0.2) is 0 Å². The van der Waals surface area contributed by atoms with Gasteiger partial charge in [-0.1, -0.05) is 11.6 Å². The molecule has 0 saturated carbocycles. The Hall–Kier alpha value is -1.30. The molecule has 0 bridgehead atoms. The van der Waals surface area contributed by atoms with Gasteiger partial charge in [-0.2, -0.15) is 0 Å². The second-order valence-corrected chi connectivity index (χ2v) is 4.36. The third-order valence-electron chi connectivity index (χ3n) is 2.36. The van der Waals surface area contributed by atoms with Crippen LogP contribution in [0, 0.1) is 0 Å². The number of carbonyl (C=O) groups is 1. The zero-order valence-electron chi connectivity index (χ0n) is 10.6. The highest BCUT2D eigenvalue weighted by molar-refractivity contribution is 6.31. The summed E-state index contributed by atoms with van der Waals surface area (Å²) >= 11 is 5.88. The average molecular weight is 272 g/mol. The van der Waals surface area contributed by atoms with Crippen molar-refractivity contribution in [3.05, 3.63) is 23.2 Å². The van der Waals surface area contributed by atoms with Gasteiger partial charge in [0.1, 0.15) is 5.75 Å². The Balaban J connectivity index is 2.66. The number of ether oxygens (including phenoxy) is 1. The number of anilines is 1. The molecule has 1 rings (SSSR count). The first-order valence-corrected chi connectivity index (χ1v) is 5.96. The lowest BCUT2D eigenvalue weighted by molar-refractivity contribution is -0.117. The van der Waals surface area contributed by atoms with E-state index in [1.807, 2.05) is 11.9 Å². The predicted octanol–water partition coefficient (Wildman–Crippen LogP) is 1.18. The average Bonchev–Trinajstić information content (AvgIpc) is 2.29. The van der Waals surface area contributed by atoms with E-state index in [1.54, 1.807) is 25.3 Å². The molecular weight excluding hydrogens is 254 g/mol. The van der Waals surface area contributed by atoms with Crippen molar-refractivity contribution in [3.63, 3.8) is 0 Å². The molecule has 5 nitrogen and oxygen atoms in total. The summed E-state index contributed by atoms with van der Waals surface area (Å²) < 4.78 is 5.15. The van der Waals surface area contributed by atoms with Gasteiger partial charge in [0.2, 0.25) is 5.91 Å². The molecule has 3 N–H and O–H groups in total. The second kappa shape index (κ2) is 7.20. The van der Waals surface area contributed by atoms with E-state index in [-0.39, 0.29) is 12.5 Å². The third-order valence-corrected chi connectivity index (χ3v) is 2.60. The number of rotatable bonds is 6. The molecule has 1 amide bonds. The Morgan fingerprint density at radius 1 is 1.56 bits per heavy atom. The molecule has 0 aliphatic carbocycles. The van der Waals surface area contributed by atoms with E-state index in [4.69, 9.17) is 22.1 Å². The van der Waals surface area contributed by atoms with Crippen LogP contribution >= 0.6 is 11.6 Å². The lowest BCUT2D eigenvalue weighted by Gasteiger charge is -2.16. The first kappa shape index (κ1) is 14.8. The Morgan fingerprint density at radius 2 is 2.28 bits per heavy atom. The molecule has 0 radical (unpaired) electrons. The fraction of sp³-hybridized carbons (Fsp3) is 0.417. The van der Waals surface area contributed by atoms with Gasteiger partial charge in [-0.3, -0.25) is 9.69 Å². The molecule has 0 spiro atoms. The minimum atomic E-state index is -0.133. The number of benzene rings is 1. The molecule has 0 atom stereocenters. The predicted molar refractivity (Wildman–Crippen MR) is 73.2 cm³/mol. The van der Waals surface area contributed by atoms with E-state index >= 15 is 0 Å². The number of nitrogens with one attached hydrogen (secondary N) is 1. The minimum absolute atomic E-state index is 0.133. The Kier molecular flexibility index (Phi) is 5.91. The molecule has 100 valence electrons. The summed E-state index contributed by atoms with van der Waals surface area (Å²) in [6.45, 7) is 1.46. The van der Waals surface area contributed by atoms with Crippen LogP contribution in [0.5, 0.6) is 5.75 Å². The molecule has 0 heterocycles. The molecule has 1 aromatic carbocycles. The molecule has 1 aromatic rings. The van der Waals surface area contributed by atoms with Crippen molar-refractivity contribution in [3.8, 4) is 5.75 Å². The first-order valence-electron chi connectivity index (χ1n) is 5.58. The summed E-state index contributed by atoms with van der Waals surface area (Å²) in [6, 6.07) is 5.07. The van der Waals surface area contributed by atoms with Crippen molar-refractivity contribution in [2.45, 2.75) is 0 Å². The zero-order valence-corrected chi connectivity index (χ0v) is 11.3. The Bertz CT molecular complexity index is 412. The summed E-state index contributed by atoms with van der Waals surface area (Å²) in [5, 5.41) is 3.30. The van der Waals surface area contributed by atoms with Crippen molar-refractivity contribution < 1.29 is 9.53 Å². The van der Waals surface area contributed by atoms with E-state index in [9.17, 15) is 4.79 Å². The van der Waals surface area contributed by atoms with Gasteiger partial charge in [0, 0.05) is 18.1 Å². The number of likely N-dealkylation sites (N-methyl/N-ethyl adjacent to an activating group) is 1. The van der Waals surface area contributed by atoms with Crippen molar-refractivity contribution in [2.24, 2.45) is 5.73 Å². The monoisotopic (exact) mass is 271 g/mol. The maximum Gasteiger partial charge on any atom is 0.238 e. The van der Waals surface area contributed by atoms with Crippen molar-refractivity contribution in [1.82, 2.24) is 4.90 Å². The van der Waals surface area contributed by atoms with Crippen LogP contribution in [0.3, 0.4) is 0 Å². The fourth-order valence-electron chi connectivity index (χ4n) is 1.51. The standard InChI is InChI=1S/C12H18ClN3O2/c1-16(6-5-14)8-12(17)15-10-7-9(13)3-4-11(10)18-2/h3-4,7H,5-6,8,14H2,1-2H3,(H,15,17). The van der Waals surface area contributed by atoms with Crippen LogP contribution in [-0.2, 0) is 4.79 Å². The van der Waals surface area contributed by atoms with E-state index in [1.165, 1.54) is 0 Å². The van der Waals surface area contributed by atoms with E-state index in [0.717, 1.165) is 0 Å². The van der Waals surface area contributed by atoms with Crippen LogP contribution in [0.1, 0.15) is 0 Å². The van der Waals surface area contributed by atoms with Crippen LogP contribution in [0.2, 0.25) is 5.02 Å². The van der Waals surface area contributed by atoms with Crippen LogP contribution in [-0.4, -0.2) is 44.6 Å². The van der Waals surface area contributed by atoms with Crippen molar-refractivity contribution in [1.29, 1.82) is 0 Å². The van der Waals surface area contributed by atoms with Crippen LogP contribution < -0.4 is 15.8 Å². The fourth-order valence-corrected chi connectivity index (χ4v) is 1.68. The third kappa shape index (κ3) is 4.52. The number of methoxy groups -OCH3 is 1. The smallest absolute Gasteiger partial charge is 0.238 e. The lowest BCUT2D eigenvalue weighted by atomic mass is 10.3. The number of hydrogen-bond acceptors (Lipinski definition) is 4. The summed E-state index contributed by atoms with van der Waals surface area (Å²) in [5.74, 6) is 0.445. The van der Waals surface area contributed by atoms with Gasteiger partial charge < -0.3 is 15.8 Å². The number of nitrogens with two attached hydrogens (primary N) is 1. The van der Waals surface area contributed by atoms with Crippen LogP contribution in [0.15, 0.2) is 18.2 Å². The van der Waals surface area contributed by atoms with Crippen LogP contribution in [0.25, 0.3) is 0 Å². The van der Waals surface area contributed by atoms with Crippen LogP contribution in [0.4, 0.5) is 5.69 Å². The van der Waals surface area contributed by atoms with E-state index in [0.29, 0.717) is 29.5 Å².